The van der Waals surface area contributed by atoms with Crippen molar-refractivity contribution in [2.45, 2.75) is 44.7 Å². The quantitative estimate of drug-likeness (QED) is 0.688. The maximum atomic E-state index is 5.57. The minimum Gasteiger partial charge on any atom is -0.381 e. The minimum atomic E-state index is 0.537. The molecule has 2 aromatic heterocycles. The number of aromatic nitrogens is 3. The van der Waals surface area contributed by atoms with Gasteiger partial charge in [0.15, 0.2) is 0 Å². The number of ether oxygens (including phenoxy) is 1. The third-order valence-corrected chi connectivity index (χ3v) is 6.58. The molecule has 1 unspecified atom stereocenters. The number of benzene rings is 1. The van der Waals surface area contributed by atoms with Gasteiger partial charge in [-0.25, -0.2) is 4.98 Å². The molecule has 0 aliphatic carbocycles. The number of hydrogen-bond acceptors (Lipinski definition) is 3. The molecular formula is C23H30N4O. The zero-order chi connectivity index (χ0) is 19.1. The number of para-hydroxylation sites is 1. The third kappa shape index (κ3) is 3.16. The summed E-state index contributed by atoms with van der Waals surface area (Å²) in [5.41, 5.74) is 4.06. The van der Waals surface area contributed by atoms with Gasteiger partial charge in [0, 0.05) is 80.8 Å². The summed E-state index contributed by atoms with van der Waals surface area (Å²) < 4.78 is 10.4. The highest BCUT2D eigenvalue weighted by atomic mass is 16.5. The van der Waals surface area contributed by atoms with Gasteiger partial charge < -0.3 is 13.9 Å². The normalized spacial score (nSPS) is 21.7. The van der Waals surface area contributed by atoms with E-state index in [1.54, 1.807) is 0 Å². The van der Waals surface area contributed by atoms with Crippen molar-refractivity contribution in [1.82, 2.24) is 19.0 Å². The van der Waals surface area contributed by atoms with Gasteiger partial charge in [0.25, 0.3) is 0 Å². The third-order valence-electron chi connectivity index (χ3n) is 6.58. The minimum absolute atomic E-state index is 0.537. The molecule has 2 fully saturated rings. The molecule has 0 spiro atoms. The summed E-state index contributed by atoms with van der Waals surface area (Å²) in [4.78, 5) is 7.43. The molecule has 0 bridgehead atoms. The Balaban J connectivity index is 1.34. The Morgan fingerprint density at radius 2 is 1.96 bits per heavy atom. The fourth-order valence-electron chi connectivity index (χ4n) is 5.16. The van der Waals surface area contributed by atoms with Crippen molar-refractivity contribution in [2.24, 2.45) is 7.05 Å². The summed E-state index contributed by atoms with van der Waals surface area (Å²) in [5.74, 6) is 1.84. The zero-order valence-electron chi connectivity index (χ0n) is 17.0. The molecule has 0 saturated carbocycles. The van der Waals surface area contributed by atoms with Crippen LogP contribution in [-0.2, 0) is 18.3 Å². The van der Waals surface area contributed by atoms with Gasteiger partial charge in [0.05, 0.1) is 0 Å². The number of rotatable bonds is 4. The average Bonchev–Trinajstić information content (AvgIpc) is 3.41. The lowest BCUT2D eigenvalue weighted by Crippen LogP contribution is -2.24. The van der Waals surface area contributed by atoms with E-state index in [-0.39, 0.29) is 0 Å². The average molecular weight is 379 g/mol. The summed E-state index contributed by atoms with van der Waals surface area (Å²) in [6, 6.07) is 9.27. The fourth-order valence-corrected chi connectivity index (χ4v) is 5.16. The molecule has 0 N–H and O–H groups in total. The number of hydrogen-bond donors (Lipinski definition) is 0. The van der Waals surface area contributed by atoms with Crippen molar-refractivity contribution in [1.29, 1.82) is 0 Å². The molecule has 5 rings (SSSR count). The fraction of sp³-hybridized carbons (Fsp3) is 0.522. The molecular weight excluding hydrogens is 348 g/mol. The van der Waals surface area contributed by atoms with Gasteiger partial charge in [0.1, 0.15) is 5.82 Å². The Kier molecular flexibility index (Phi) is 4.73. The summed E-state index contributed by atoms with van der Waals surface area (Å²) in [6.45, 7) is 7.24. The number of imidazole rings is 1. The topological polar surface area (TPSA) is 35.2 Å². The van der Waals surface area contributed by atoms with Crippen LogP contribution in [0.15, 0.2) is 36.7 Å². The zero-order valence-corrected chi connectivity index (χ0v) is 17.0. The van der Waals surface area contributed by atoms with Crippen LogP contribution in [0.3, 0.4) is 0 Å². The second-order valence-electron chi connectivity index (χ2n) is 8.47. The first-order valence-electron chi connectivity index (χ1n) is 10.6. The van der Waals surface area contributed by atoms with E-state index in [2.05, 4.69) is 64.7 Å². The van der Waals surface area contributed by atoms with E-state index in [4.69, 9.17) is 9.72 Å². The molecule has 5 nitrogen and oxygen atoms in total. The molecule has 1 aromatic carbocycles. The Labute approximate surface area is 166 Å². The lowest BCUT2D eigenvalue weighted by molar-refractivity contribution is 0.0824. The van der Waals surface area contributed by atoms with Crippen LogP contribution in [0.2, 0.25) is 0 Å². The highest BCUT2D eigenvalue weighted by molar-refractivity contribution is 5.83. The Morgan fingerprint density at radius 1 is 1.14 bits per heavy atom. The molecule has 148 valence electrons. The van der Waals surface area contributed by atoms with E-state index in [0.717, 1.165) is 45.7 Å². The second-order valence-corrected chi connectivity index (χ2v) is 8.47. The van der Waals surface area contributed by atoms with Crippen LogP contribution in [0.25, 0.3) is 10.9 Å². The first kappa shape index (κ1) is 18.0. The SMILES string of the molecule is Cc1cnc(C2CCOCC2)n1C1CCN(Cc2cn(C)c3ccccc23)C1. The van der Waals surface area contributed by atoms with Crippen molar-refractivity contribution in [3.8, 4) is 0 Å². The van der Waals surface area contributed by atoms with Gasteiger partial charge >= 0.3 is 0 Å². The molecule has 0 radical (unpaired) electrons. The molecule has 4 heterocycles. The number of aryl methyl sites for hydroxylation is 2. The summed E-state index contributed by atoms with van der Waals surface area (Å²) in [6.07, 6.45) is 7.77. The van der Waals surface area contributed by atoms with Gasteiger partial charge in [-0.2, -0.15) is 0 Å². The van der Waals surface area contributed by atoms with Crippen molar-refractivity contribution in [2.75, 3.05) is 26.3 Å². The molecule has 1 atom stereocenters. The van der Waals surface area contributed by atoms with Crippen LogP contribution in [0, 0.1) is 6.92 Å². The summed E-state index contributed by atoms with van der Waals surface area (Å²) in [7, 11) is 2.15. The molecule has 0 amide bonds. The van der Waals surface area contributed by atoms with Crippen LogP contribution >= 0.6 is 0 Å². The van der Waals surface area contributed by atoms with E-state index < -0.39 is 0 Å². The lowest BCUT2D eigenvalue weighted by Gasteiger charge is -2.26. The smallest absolute Gasteiger partial charge is 0.112 e. The second kappa shape index (κ2) is 7.37. The van der Waals surface area contributed by atoms with Crippen molar-refractivity contribution >= 4 is 10.9 Å². The van der Waals surface area contributed by atoms with Crippen molar-refractivity contribution < 1.29 is 4.74 Å². The molecule has 2 aliphatic rings. The van der Waals surface area contributed by atoms with Crippen LogP contribution < -0.4 is 0 Å². The molecule has 2 aliphatic heterocycles. The number of nitrogens with zero attached hydrogens (tertiary/aromatic N) is 4. The predicted molar refractivity (Wildman–Crippen MR) is 112 cm³/mol. The van der Waals surface area contributed by atoms with Gasteiger partial charge in [-0.05, 0) is 37.8 Å². The first-order valence-corrected chi connectivity index (χ1v) is 10.6. The molecule has 2 saturated heterocycles. The maximum absolute atomic E-state index is 5.57. The highest BCUT2D eigenvalue weighted by Crippen LogP contribution is 2.33. The van der Waals surface area contributed by atoms with E-state index in [9.17, 15) is 0 Å². The van der Waals surface area contributed by atoms with Gasteiger partial charge in [0.2, 0.25) is 0 Å². The van der Waals surface area contributed by atoms with Gasteiger partial charge in [-0.15, -0.1) is 0 Å². The van der Waals surface area contributed by atoms with Crippen LogP contribution in [0.5, 0.6) is 0 Å². The van der Waals surface area contributed by atoms with E-state index in [0.29, 0.717) is 12.0 Å². The predicted octanol–water partition coefficient (Wildman–Crippen LogP) is 4.02. The van der Waals surface area contributed by atoms with E-state index in [1.165, 1.54) is 34.4 Å². The monoisotopic (exact) mass is 378 g/mol. The van der Waals surface area contributed by atoms with E-state index in [1.807, 2.05) is 0 Å². The summed E-state index contributed by atoms with van der Waals surface area (Å²) in [5, 5.41) is 1.38. The number of likely N-dealkylation sites (tertiary alicyclic amines) is 1. The largest absolute Gasteiger partial charge is 0.381 e. The van der Waals surface area contributed by atoms with Crippen molar-refractivity contribution in [3.05, 3.63) is 53.7 Å². The lowest BCUT2D eigenvalue weighted by atomic mass is 9.99. The molecule has 28 heavy (non-hydrogen) atoms. The Bertz CT molecular complexity index is 966. The van der Waals surface area contributed by atoms with Crippen molar-refractivity contribution in [3.63, 3.8) is 0 Å². The Morgan fingerprint density at radius 3 is 2.82 bits per heavy atom. The standard InChI is InChI=1S/C23H30N4O/c1-17-13-24-23(18-8-11-28-12-9-18)27(17)20-7-10-26(16-20)15-19-14-25(2)22-6-4-3-5-21(19)22/h3-6,13-14,18,20H,7-12,15-16H2,1-2H3. The van der Waals surface area contributed by atoms with Gasteiger partial charge in [-0.3, -0.25) is 4.90 Å². The molecule has 3 aromatic rings. The van der Waals surface area contributed by atoms with E-state index >= 15 is 0 Å². The summed E-state index contributed by atoms with van der Waals surface area (Å²) >= 11 is 0. The highest BCUT2D eigenvalue weighted by Gasteiger charge is 2.30. The molecule has 5 heteroatoms. The first-order chi connectivity index (χ1) is 13.7. The van der Waals surface area contributed by atoms with Gasteiger partial charge in [-0.1, -0.05) is 18.2 Å². The Hall–Kier alpha value is -2.11. The maximum Gasteiger partial charge on any atom is 0.112 e. The van der Waals surface area contributed by atoms with Crippen LogP contribution in [0.4, 0.5) is 0 Å². The number of fused-ring (bicyclic) bond motifs is 1. The van der Waals surface area contributed by atoms with Crippen LogP contribution in [0.1, 0.15) is 48.3 Å². The van der Waals surface area contributed by atoms with Crippen LogP contribution in [-0.4, -0.2) is 45.3 Å².